The summed E-state index contributed by atoms with van der Waals surface area (Å²) in [6, 6.07) is -1.49. The van der Waals surface area contributed by atoms with Crippen molar-refractivity contribution in [3.05, 3.63) is 0 Å². The van der Waals surface area contributed by atoms with Crippen LogP contribution in [0.5, 0.6) is 0 Å². The van der Waals surface area contributed by atoms with Gasteiger partial charge in [0.15, 0.2) is 0 Å². The maximum Gasteiger partial charge on any atom is 0.326 e. The zero-order chi connectivity index (χ0) is 16.3. The quantitative estimate of drug-likeness (QED) is 0.483. The van der Waals surface area contributed by atoms with E-state index in [-0.39, 0.29) is 12.8 Å². The van der Waals surface area contributed by atoms with Crippen LogP contribution in [-0.4, -0.2) is 40.7 Å². The van der Waals surface area contributed by atoms with Crippen LogP contribution in [0, 0.1) is 0 Å². The van der Waals surface area contributed by atoms with E-state index in [0.717, 1.165) is 25.7 Å². The lowest BCUT2D eigenvalue weighted by Crippen LogP contribution is -2.48. The summed E-state index contributed by atoms with van der Waals surface area (Å²) >= 11 is 0. The number of nitrogens with one attached hydrogen (secondary N) is 1. The number of aliphatic hydroxyl groups excluding tert-OH is 1. The number of alkyl halides is 2. The van der Waals surface area contributed by atoms with Gasteiger partial charge >= 0.3 is 11.9 Å². The Morgan fingerprint density at radius 1 is 1.14 bits per heavy atom. The summed E-state index contributed by atoms with van der Waals surface area (Å²) in [6.45, 7) is 1.56. The van der Waals surface area contributed by atoms with Crippen LogP contribution in [0.3, 0.4) is 0 Å². The minimum Gasteiger partial charge on any atom is -0.480 e. The molecule has 0 aliphatic carbocycles. The van der Waals surface area contributed by atoms with Crippen molar-refractivity contribution < 1.29 is 28.6 Å². The first-order valence-corrected chi connectivity index (χ1v) is 7.37. The SMILES string of the molecule is CCCCCCCCC(F)(F)C(=O)N[C@@H](CCO)C(=O)O. The van der Waals surface area contributed by atoms with Gasteiger partial charge in [0.1, 0.15) is 6.04 Å². The van der Waals surface area contributed by atoms with Gasteiger partial charge in [-0.3, -0.25) is 4.79 Å². The molecule has 0 spiro atoms. The van der Waals surface area contributed by atoms with Gasteiger partial charge in [0, 0.05) is 19.4 Å². The van der Waals surface area contributed by atoms with Gasteiger partial charge in [0.25, 0.3) is 5.91 Å². The molecule has 0 aromatic heterocycles. The van der Waals surface area contributed by atoms with Crippen LogP contribution in [-0.2, 0) is 9.59 Å². The van der Waals surface area contributed by atoms with Crippen LogP contribution in [0.25, 0.3) is 0 Å². The Hall–Kier alpha value is -1.24. The molecule has 0 aliphatic rings. The summed E-state index contributed by atoms with van der Waals surface area (Å²) < 4.78 is 27.2. The molecule has 0 aliphatic heterocycles. The summed E-state index contributed by atoms with van der Waals surface area (Å²) in [5.74, 6) is -6.60. The number of hydrogen-bond donors (Lipinski definition) is 3. The highest BCUT2D eigenvalue weighted by molar-refractivity contribution is 5.87. The second kappa shape index (κ2) is 10.5. The van der Waals surface area contributed by atoms with E-state index in [0.29, 0.717) is 6.42 Å². The topological polar surface area (TPSA) is 86.6 Å². The monoisotopic (exact) mass is 309 g/mol. The van der Waals surface area contributed by atoms with E-state index >= 15 is 0 Å². The van der Waals surface area contributed by atoms with Gasteiger partial charge in [-0.05, 0) is 6.42 Å². The lowest BCUT2D eigenvalue weighted by molar-refractivity contribution is -0.152. The zero-order valence-electron chi connectivity index (χ0n) is 12.4. The molecule has 0 aromatic carbocycles. The highest BCUT2D eigenvalue weighted by Crippen LogP contribution is 2.23. The fraction of sp³-hybridized carbons (Fsp3) is 0.857. The molecule has 0 radical (unpaired) electrons. The van der Waals surface area contributed by atoms with Crippen molar-refractivity contribution >= 4 is 11.9 Å². The number of aliphatic carboxylic acids is 1. The molecule has 0 unspecified atom stereocenters. The first kappa shape index (κ1) is 19.8. The minimum atomic E-state index is -3.58. The van der Waals surface area contributed by atoms with Crippen LogP contribution >= 0.6 is 0 Å². The molecule has 124 valence electrons. The summed E-state index contributed by atoms with van der Waals surface area (Å²) in [5, 5.41) is 19.2. The second-order valence-electron chi connectivity index (χ2n) is 5.10. The lowest BCUT2D eigenvalue weighted by Gasteiger charge is -2.19. The Labute approximate surface area is 123 Å². The minimum absolute atomic E-state index is 0.224. The number of unbranched alkanes of at least 4 members (excludes halogenated alkanes) is 5. The number of aliphatic hydroxyl groups is 1. The number of amides is 1. The largest absolute Gasteiger partial charge is 0.480 e. The molecule has 1 amide bonds. The van der Waals surface area contributed by atoms with E-state index in [4.69, 9.17) is 10.2 Å². The molecule has 0 aromatic rings. The summed E-state index contributed by atoms with van der Waals surface area (Å²) in [6.07, 6.45) is 3.95. The Kier molecular flexibility index (Phi) is 9.86. The number of halogens is 2. The van der Waals surface area contributed by atoms with E-state index in [1.807, 2.05) is 0 Å². The van der Waals surface area contributed by atoms with E-state index in [9.17, 15) is 18.4 Å². The molecular weight excluding hydrogens is 284 g/mol. The molecule has 0 bridgehead atoms. The Bertz CT molecular complexity index is 324. The van der Waals surface area contributed by atoms with Crippen molar-refractivity contribution in [3.8, 4) is 0 Å². The summed E-state index contributed by atoms with van der Waals surface area (Å²) in [4.78, 5) is 22.2. The number of carbonyl (C=O) groups is 2. The van der Waals surface area contributed by atoms with E-state index in [1.54, 1.807) is 5.32 Å². The maximum absolute atomic E-state index is 13.6. The zero-order valence-corrected chi connectivity index (χ0v) is 12.4. The molecular formula is C14H25F2NO4. The third kappa shape index (κ3) is 8.60. The fourth-order valence-electron chi connectivity index (χ4n) is 1.89. The molecule has 5 nitrogen and oxygen atoms in total. The Morgan fingerprint density at radius 3 is 2.24 bits per heavy atom. The molecule has 0 heterocycles. The average Bonchev–Trinajstić information content (AvgIpc) is 2.41. The van der Waals surface area contributed by atoms with Crippen LogP contribution in [0.15, 0.2) is 0 Å². The van der Waals surface area contributed by atoms with E-state index < -0.39 is 36.9 Å². The van der Waals surface area contributed by atoms with Crippen molar-refractivity contribution in [1.82, 2.24) is 5.32 Å². The third-order valence-corrected chi connectivity index (χ3v) is 3.20. The molecule has 1 atom stereocenters. The number of hydrogen-bond acceptors (Lipinski definition) is 3. The maximum atomic E-state index is 13.6. The van der Waals surface area contributed by atoms with Gasteiger partial charge in [0.05, 0.1) is 0 Å². The number of carboxylic acids is 1. The average molecular weight is 309 g/mol. The van der Waals surface area contributed by atoms with Gasteiger partial charge in [-0.2, -0.15) is 8.78 Å². The molecule has 0 saturated carbocycles. The summed E-state index contributed by atoms with van der Waals surface area (Å²) in [5.41, 5.74) is 0. The number of carboxylic acid groups (broad SMARTS) is 1. The smallest absolute Gasteiger partial charge is 0.326 e. The highest BCUT2D eigenvalue weighted by atomic mass is 19.3. The van der Waals surface area contributed by atoms with Crippen LogP contribution in [0.1, 0.15) is 58.3 Å². The second-order valence-corrected chi connectivity index (χ2v) is 5.10. The predicted octanol–water partition coefficient (Wildman–Crippen LogP) is 2.32. The first-order chi connectivity index (χ1) is 9.85. The molecule has 0 fully saturated rings. The number of rotatable bonds is 12. The number of carbonyl (C=O) groups excluding carboxylic acids is 1. The molecule has 0 rings (SSSR count). The Balaban J connectivity index is 4.16. The van der Waals surface area contributed by atoms with Crippen molar-refractivity contribution in [2.75, 3.05) is 6.61 Å². The van der Waals surface area contributed by atoms with Gasteiger partial charge < -0.3 is 15.5 Å². The Morgan fingerprint density at radius 2 is 1.71 bits per heavy atom. The predicted molar refractivity (Wildman–Crippen MR) is 74.2 cm³/mol. The molecule has 0 saturated heterocycles. The van der Waals surface area contributed by atoms with Crippen molar-refractivity contribution in [1.29, 1.82) is 0 Å². The first-order valence-electron chi connectivity index (χ1n) is 7.37. The van der Waals surface area contributed by atoms with E-state index in [1.165, 1.54) is 0 Å². The highest BCUT2D eigenvalue weighted by Gasteiger charge is 2.39. The fourth-order valence-corrected chi connectivity index (χ4v) is 1.89. The summed E-state index contributed by atoms with van der Waals surface area (Å²) in [7, 11) is 0. The van der Waals surface area contributed by atoms with Crippen LogP contribution in [0.2, 0.25) is 0 Å². The van der Waals surface area contributed by atoms with Crippen molar-refractivity contribution in [3.63, 3.8) is 0 Å². The van der Waals surface area contributed by atoms with Gasteiger partial charge in [0.2, 0.25) is 0 Å². The standard InChI is InChI=1S/C14H25F2NO4/c1-2-3-4-5-6-7-9-14(15,16)13(21)17-11(8-10-18)12(19)20/h11,18H,2-10H2,1H3,(H,17,21)(H,19,20)/t11-/m0/s1. The molecule has 7 heteroatoms. The van der Waals surface area contributed by atoms with E-state index in [2.05, 4.69) is 6.92 Å². The van der Waals surface area contributed by atoms with Gasteiger partial charge in [-0.25, -0.2) is 4.79 Å². The molecule has 21 heavy (non-hydrogen) atoms. The normalized spacial score (nSPS) is 13.0. The molecule has 3 N–H and O–H groups in total. The van der Waals surface area contributed by atoms with Crippen LogP contribution < -0.4 is 5.32 Å². The van der Waals surface area contributed by atoms with Crippen LogP contribution in [0.4, 0.5) is 8.78 Å². The van der Waals surface area contributed by atoms with Crippen molar-refractivity contribution in [2.45, 2.75) is 70.3 Å². The van der Waals surface area contributed by atoms with Gasteiger partial charge in [-0.1, -0.05) is 39.0 Å². The third-order valence-electron chi connectivity index (χ3n) is 3.20. The van der Waals surface area contributed by atoms with Crippen molar-refractivity contribution in [2.24, 2.45) is 0 Å². The van der Waals surface area contributed by atoms with Gasteiger partial charge in [-0.15, -0.1) is 0 Å². The lowest BCUT2D eigenvalue weighted by atomic mass is 10.1.